The van der Waals surface area contributed by atoms with Crippen molar-refractivity contribution in [3.05, 3.63) is 60.9 Å². The van der Waals surface area contributed by atoms with Crippen LogP contribution in [0.3, 0.4) is 0 Å². The molecule has 96 valence electrons. The summed E-state index contributed by atoms with van der Waals surface area (Å²) in [6, 6.07) is 16.0. The molecule has 2 aromatic heterocycles. The molecular weight excluding hydrogens is 265 g/mol. The third kappa shape index (κ3) is 3.06. The van der Waals surface area contributed by atoms with E-state index in [1.165, 1.54) is 10.4 Å². The lowest BCUT2D eigenvalue weighted by molar-refractivity contribution is 1.04. The summed E-state index contributed by atoms with van der Waals surface area (Å²) >= 11 is 1.63. The maximum atomic E-state index is 4.56. The molecule has 3 nitrogen and oxygen atoms in total. The van der Waals surface area contributed by atoms with Crippen LogP contribution in [0.4, 0.5) is 0 Å². The molecule has 0 aliphatic rings. The molecular formula is C15H12BN3S. The van der Waals surface area contributed by atoms with E-state index < -0.39 is 0 Å². The summed E-state index contributed by atoms with van der Waals surface area (Å²) in [4.78, 5) is 14.3. The fraction of sp³-hybridized carbons (Fsp3) is 0. The Labute approximate surface area is 122 Å². The van der Waals surface area contributed by atoms with Gasteiger partial charge in [0, 0.05) is 17.3 Å². The molecule has 0 N–H and O–H groups in total. The van der Waals surface area contributed by atoms with Crippen molar-refractivity contribution in [3.63, 3.8) is 0 Å². The van der Waals surface area contributed by atoms with Gasteiger partial charge >= 0.3 is 0 Å². The van der Waals surface area contributed by atoms with E-state index in [4.69, 9.17) is 0 Å². The van der Waals surface area contributed by atoms with Crippen LogP contribution in [-0.2, 0) is 0 Å². The maximum absolute atomic E-state index is 4.56. The van der Waals surface area contributed by atoms with Crippen LogP contribution in [0.25, 0.3) is 11.5 Å². The van der Waals surface area contributed by atoms with Crippen molar-refractivity contribution in [2.75, 3.05) is 0 Å². The number of aromatic nitrogens is 3. The Hall–Kier alpha value is -2.14. The third-order valence-electron chi connectivity index (χ3n) is 2.74. The molecule has 0 radical (unpaired) electrons. The van der Waals surface area contributed by atoms with Gasteiger partial charge in [-0.15, -0.1) is 0 Å². The van der Waals surface area contributed by atoms with Crippen molar-refractivity contribution in [3.8, 4) is 11.5 Å². The Morgan fingerprint density at radius 2 is 1.85 bits per heavy atom. The molecule has 0 saturated carbocycles. The zero-order valence-corrected chi connectivity index (χ0v) is 11.8. The number of pyridine rings is 1. The molecule has 3 aromatic rings. The van der Waals surface area contributed by atoms with Gasteiger partial charge in [-0.3, -0.25) is 4.98 Å². The molecule has 2 heterocycles. The highest BCUT2D eigenvalue weighted by atomic mass is 32.2. The molecule has 0 fully saturated rings. The normalized spacial score (nSPS) is 10.4. The average Bonchev–Trinajstić information content (AvgIpc) is 2.48. The van der Waals surface area contributed by atoms with Crippen molar-refractivity contribution in [1.82, 2.24) is 15.0 Å². The zero-order chi connectivity index (χ0) is 13.8. The van der Waals surface area contributed by atoms with E-state index in [1.807, 2.05) is 24.3 Å². The van der Waals surface area contributed by atoms with Gasteiger partial charge in [0.2, 0.25) is 0 Å². The van der Waals surface area contributed by atoms with Crippen LogP contribution in [0, 0.1) is 0 Å². The predicted molar refractivity (Wildman–Crippen MR) is 84.0 cm³/mol. The third-order valence-corrected chi connectivity index (χ3v) is 3.66. The van der Waals surface area contributed by atoms with E-state index in [2.05, 4.69) is 47.1 Å². The van der Waals surface area contributed by atoms with Crippen molar-refractivity contribution >= 4 is 25.1 Å². The zero-order valence-electron chi connectivity index (χ0n) is 11.0. The summed E-state index contributed by atoms with van der Waals surface area (Å²) in [5, 5.41) is 0.922. The van der Waals surface area contributed by atoms with E-state index >= 15 is 0 Å². The first-order chi connectivity index (χ1) is 9.81. The fourth-order valence-corrected chi connectivity index (χ4v) is 2.71. The number of rotatable bonds is 3. The van der Waals surface area contributed by atoms with Gasteiger partial charge in [0.05, 0.1) is 0 Å². The molecule has 20 heavy (non-hydrogen) atoms. The summed E-state index contributed by atoms with van der Waals surface area (Å²) in [6.45, 7) is 0. The van der Waals surface area contributed by atoms with Gasteiger partial charge in [0.1, 0.15) is 18.6 Å². The van der Waals surface area contributed by atoms with Crippen molar-refractivity contribution < 1.29 is 0 Å². The van der Waals surface area contributed by atoms with Gasteiger partial charge < -0.3 is 0 Å². The molecule has 0 saturated heterocycles. The van der Waals surface area contributed by atoms with E-state index in [0.29, 0.717) is 5.82 Å². The van der Waals surface area contributed by atoms with Gasteiger partial charge in [-0.25, -0.2) is 9.97 Å². The molecule has 0 atom stereocenters. The molecule has 3 rings (SSSR count). The maximum Gasteiger partial charge on any atom is 0.179 e. The van der Waals surface area contributed by atoms with Crippen LogP contribution in [0.2, 0.25) is 0 Å². The monoisotopic (exact) mass is 277 g/mol. The highest BCUT2D eigenvalue weighted by Crippen LogP contribution is 2.25. The lowest BCUT2D eigenvalue weighted by Crippen LogP contribution is -2.00. The standard InChI is InChI=1S/C15H12BN3S/c16-11-4-3-5-12(10-11)20-14-7-9-18-15(19-14)13-6-1-2-8-17-13/h1-10H,16H2. The molecule has 0 bridgehead atoms. The van der Waals surface area contributed by atoms with Crippen molar-refractivity contribution in [1.29, 1.82) is 0 Å². The molecule has 1 aromatic carbocycles. The first-order valence-corrected chi connectivity index (χ1v) is 7.12. The Morgan fingerprint density at radius 1 is 0.900 bits per heavy atom. The second kappa shape index (κ2) is 5.88. The summed E-state index contributed by atoms with van der Waals surface area (Å²) in [5.41, 5.74) is 2.04. The lowest BCUT2D eigenvalue weighted by atomic mass is 9.97. The summed E-state index contributed by atoms with van der Waals surface area (Å²) in [6.07, 6.45) is 3.52. The van der Waals surface area contributed by atoms with Crippen LogP contribution < -0.4 is 5.46 Å². The molecule has 0 aliphatic heterocycles. The van der Waals surface area contributed by atoms with Crippen LogP contribution in [0.15, 0.2) is 70.8 Å². The number of hydrogen-bond donors (Lipinski definition) is 0. The Bertz CT molecular complexity index is 719. The smallest absolute Gasteiger partial charge is 0.179 e. The highest BCUT2D eigenvalue weighted by Gasteiger charge is 2.05. The second-order valence-corrected chi connectivity index (χ2v) is 5.45. The minimum Gasteiger partial charge on any atom is -0.253 e. The molecule has 0 spiro atoms. The van der Waals surface area contributed by atoms with E-state index in [9.17, 15) is 0 Å². The van der Waals surface area contributed by atoms with Gasteiger partial charge in [-0.05, 0) is 24.3 Å². The van der Waals surface area contributed by atoms with Crippen LogP contribution in [0.1, 0.15) is 0 Å². The summed E-state index contributed by atoms with van der Waals surface area (Å²) in [7, 11) is 2.09. The van der Waals surface area contributed by atoms with Crippen LogP contribution in [-0.4, -0.2) is 22.8 Å². The molecule has 0 amide bonds. The summed E-state index contributed by atoms with van der Waals surface area (Å²) in [5.74, 6) is 0.656. The van der Waals surface area contributed by atoms with Gasteiger partial charge in [-0.2, -0.15) is 0 Å². The van der Waals surface area contributed by atoms with E-state index in [0.717, 1.165) is 10.7 Å². The average molecular weight is 277 g/mol. The fourth-order valence-electron chi connectivity index (χ4n) is 1.82. The van der Waals surface area contributed by atoms with E-state index in [1.54, 1.807) is 24.2 Å². The SMILES string of the molecule is Bc1cccc(Sc2ccnc(-c3ccccn3)n2)c1. The second-order valence-electron chi connectivity index (χ2n) is 4.35. The first kappa shape index (κ1) is 12.9. The number of nitrogens with zero attached hydrogens (tertiary/aromatic N) is 3. The summed E-state index contributed by atoms with van der Waals surface area (Å²) < 4.78 is 0. The Balaban J connectivity index is 1.88. The van der Waals surface area contributed by atoms with Gasteiger partial charge in [0.15, 0.2) is 5.82 Å². The van der Waals surface area contributed by atoms with Crippen molar-refractivity contribution in [2.45, 2.75) is 9.92 Å². The van der Waals surface area contributed by atoms with E-state index in [-0.39, 0.29) is 0 Å². The molecule has 0 unspecified atom stereocenters. The predicted octanol–water partition coefficient (Wildman–Crippen LogP) is 1.95. The van der Waals surface area contributed by atoms with Crippen LogP contribution in [0.5, 0.6) is 0 Å². The minimum absolute atomic E-state index is 0.656. The number of hydrogen-bond acceptors (Lipinski definition) is 4. The van der Waals surface area contributed by atoms with Crippen LogP contribution >= 0.6 is 11.8 Å². The van der Waals surface area contributed by atoms with Crippen molar-refractivity contribution in [2.24, 2.45) is 0 Å². The van der Waals surface area contributed by atoms with Gasteiger partial charge in [0.25, 0.3) is 0 Å². The lowest BCUT2D eigenvalue weighted by Gasteiger charge is -2.04. The molecule has 0 aliphatic carbocycles. The Kier molecular flexibility index (Phi) is 3.79. The Morgan fingerprint density at radius 3 is 2.65 bits per heavy atom. The molecule has 5 heteroatoms. The largest absolute Gasteiger partial charge is 0.253 e. The number of benzene rings is 1. The minimum atomic E-state index is 0.656. The van der Waals surface area contributed by atoms with Gasteiger partial charge in [-0.1, -0.05) is 41.5 Å². The quantitative estimate of drug-likeness (QED) is 0.542. The topological polar surface area (TPSA) is 38.7 Å². The first-order valence-electron chi connectivity index (χ1n) is 6.30. The highest BCUT2D eigenvalue weighted by molar-refractivity contribution is 7.99.